The van der Waals surface area contributed by atoms with Gasteiger partial charge in [-0.2, -0.15) is 0 Å². The van der Waals surface area contributed by atoms with Gasteiger partial charge in [-0.25, -0.2) is 0 Å². The molecule has 0 aliphatic heterocycles. The molecule has 0 spiro atoms. The predicted molar refractivity (Wildman–Crippen MR) is 64.9 cm³/mol. The van der Waals surface area contributed by atoms with Crippen molar-refractivity contribution in [1.29, 1.82) is 0 Å². The molecule has 0 aliphatic rings. The van der Waals surface area contributed by atoms with E-state index < -0.39 is 0 Å². The van der Waals surface area contributed by atoms with Gasteiger partial charge < -0.3 is 4.74 Å². The number of rotatable bonds is 4. The Morgan fingerprint density at radius 1 is 1.12 bits per heavy atom. The Morgan fingerprint density at radius 3 is 2.75 bits per heavy atom. The van der Waals surface area contributed by atoms with Crippen LogP contribution >= 0.6 is 11.6 Å². The zero-order valence-corrected chi connectivity index (χ0v) is 9.52. The lowest BCUT2D eigenvalue weighted by atomic mass is 10.2. The molecule has 1 heterocycles. The van der Waals surface area contributed by atoms with Crippen molar-refractivity contribution in [1.82, 2.24) is 4.98 Å². The maximum absolute atomic E-state index is 5.97. The molecule has 16 heavy (non-hydrogen) atoms. The van der Waals surface area contributed by atoms with Crippen LogP contribution in [0.4, 0.5) is 0 Å². The predicted octanol–water partition coefficient (Wildman–Crippen LogP) is 3.36. The van der Waals surface area contributed by atoms with E-state index in [-0.39, 0.29) is 0 Å². The minimum Gasteiger partial charge on any atom is -0.492 e. The second-order valence-corrected chi connectivity index (χ2v) is 3.80. The summed E-state index contributed by atoms with van der Waals surface area (Å²) in [6, 6.07) is 11.4. The maximum Gasteiger partial charge on any atom is 0.137 e. The molecule has 1 aromatic heterocycles. The second kappa shape index (κ2) is 5.52. The van der Waals surface area contributed by atoms with Gasteiger partial charge in [0.1, 0.15) is 5.75 Å². The fourth-order valence-corrected chi connectivity index (χ4v) is 1.58. The molecular weight excluding hydrogens is 222 g/mol. The molecule has 0 unspecified atom stereocenters. The van der Waals surface area contributed by atoms with Crippen LogP contribution in [-0.2, 0) is 6.42 Å². The first-order chi connectivity index (χ1) is 7.86. The number of para-hydroxylation sites is 1. The first kappa shape index (κ1) is 11.0. The fourth-order valence-electron chi connectivity index (χ4n) is 1.39. The van der Waals surface area contributed by atoms with Crippen LogP contribution in [0.1, 0.15) is 5.56 Å². The first-order valence-electron chi connectivity index (χ1n) is 5.12. The Balaban J connectivity index is 1.87. The Hall–Kier alpha value is -1.54. The van der Waals surface area contributed by atoms with Crippen molar-refractivity contribution in [3.05, 3.63) is 59.4 Å². The van der Waals surface area contributed by atoms with Gasteiger partial charge in [0.15, 0.2) is 0 Å². The van der Waals surface area contributed by atoms with E-state index in [1.807, 2.05) is 42.6 Å². The maximum atomic E-state index is 5.97. The third-order valence-electron chi connectivity index (χ3n) is 2.21. The van der Waals surface area contributed by atoms with Gasteiger partial charge in [-0.15, -0.1) is 0 Å². The molecule has 3 heteroatoms. The molecular formula is C13H12ClNO. The number of nitrogens with zero attached hydrogens (tertiary/aromatic N) is 1. The largest absolute Gasteiger partial charge is 0.492 e. The summed E-state index contributed by atoms with van der Waals surface area (Å²) in [5.41, 5.74) is 1.16. The third-order valence-corrected chi connectivity index (χ3v) is 2.52. The van der Waals surface area contributed by atoms with Gasteiger partial charge >= 0.3 is 0 Å². The Labute approximate surface area is 99.9 Å². The average molecular weight is 234 g/mol. The number of hydrogen-bond donors (Lipinski definition) is 0. The van der Waals surface area contributed by atoms with Crippen molar-refractivity contribution in [2.75, 3.05) is 6.61 Å². The lowest BCUT2D eigenvalue weighted by Gasteiger charge is -2.07. The van der Waals surface area contributed by atoms with Crippen molar-refractivity contribution < 1.29 is 4.74 Å². The average Bonchev–Trinajstić information content (AvgIpc) is 2.33. The van der Waals surface area contributed by atoms with E-state index in [4.69, 9.17) is 16.3 Å². The van der Waals surface area contributed by atoms with Crippen LogP contribution in [0.5, 0.6) is 5.75 Å². The second-order valence-electron chi connectivity index (χ2n) is 3.39. The molecule has 0 fully saturated rings. The number of ether oxygens (including phenoxy) is 1. The van der Waals surface area contributed by atoms with E-state index >= 15 is 0 Å². The Bertz CT molecular complexity index is 445. The van der Waals surface area contributed by atoms with E-state index in [1.165, 1.54) is 0 Å². The van der Waals surface area contributed by atoms with Gasteiger partial charge in [0.25, 0.3) is 0 Å². The van der Waals surface area contributed by atoms with Crippen molar-refractivity contribution in [2.45, 2.75) is 6.42 Å². The van der Waals surface area contributed by atoms with Crippen LogP contribution in [0.3, 0.4) is 0 Å². The highest BCUT2D eigenvalue weighted by Gasteiger charge is 1.99. The number of benzene rings is 1. The van der Waals surface area contributed by atoms with Gasteiger partial charge in [-0.1, -0.05) is 29.8 Å². The summed E-state index contributed by atoms with van der Waals surface area (Å²) in [6.07, 6.45) is 4.44. The Morgan fingerprint density at radius 2 is 2.00 bits per heavy atom. The first-order valence-corrected chi connectivity index (χ1v) is 5.50. The number of halogens is 1. The quantitative estimate of drug-likeness (QED) is 0.808. The zero-order valence-electron chi connectivity index (χ0n) is 8.77. The summed E-state index contributed by atoms with van der Waals surface area (Å²) in [4.78, 5) is 4.05. The van der Waals surface area contributed by atoms with E-state index in [1.54, 1.807) is 6.20 Å². The lowest BCUT2D eigenvalue weighted by molar-refractivity contribution is 0.322. The van der Waals surface area contributed by atoms with Crippen LogP contribution in [0.2, 0.25) is 5.02 Å². The van der Waals surface area contributed by atoms with E-state index in [0.717, 1.165) is 17.7 Å². The van der Waals surface area contributed by atoms with Gasteiger partial charge in [0.05, 0.1) is 11.6 Å². The molecule has 0 amide bonds. The molecule has 0 aliphatic carbocycles. The molecule has 1 aromatic carbocycles. The highest BCUT2D eigenvalue weighted by Crippen LogP contribution is 2.23. The molecule has 0 saturated heterocycles. The van der Waals surface area contributed by atoms with Crippen molar-refractivity contribution in [2.24, 2.45) is 0 Å². The van der Waals surface area contributed by atoms with Gasteiger partial charge in [0, 0.05) is 18.8 Å². The van der Waals surface area contributed by atoms with Crippen LogP contribution in [0.15, 0.2) is 48.8 Å². The summed E-state index contributed by atoms with van der Waals surface area (Å²) >= 11 is 5.97. The summed E-state index contributed by atoms with van der Waals surface area (Å²) in [5, 5.41) is 0.647. The van der Waals surface area contributed by atoms with Crippen molar-refractivity contribution in [3.8, 4) is 5.75 Å². The van der Waals surface area contributed by atoms with Crippen molar-refractivity contribution in [3.63, 3.8) is 0 Å². The molecule has 0 radical (unpaired) electrons. The monoisotopic (exact) mass is 233 g/mol. The molecule has 0 bridgehead atoms. The lowest BCUT2D eigenvalue weighted by Crippen LogP contribution is -2.01. The molecule has 82 valence electrons. The summed E-state index contributed by atoms with van der Waals surface area (Å²) in [6.45, 7) is 0.607. The molecule has 2 rings (SSSR count). The molecule has 2 nitrogen and oxygen atoms in total. The standard InChI is InChI=1S/C13H12ClNO/c14-12-5-1-2-6-13(12)16-9-7-11-4-3-8-15-10-11/h1-6,8,10H,7,9H2. The smallest absolute Gasteiger partial charge is 0.137 e. The molecule has 0 saturated carbocycles. The van der Waals surface area contributed by atoms with Gasteiger partial charge in [-0.05, 0) is 23.8 Å². The number of aromatic nitrogens is 1. The zero-order chi connectivity index (χ0) is 11.2. The van der Waals surface area contributed by atoms with Gasteiger partial charge in [-0.3, -0.25) is 4.98 Å². The van der Waals surface area contributed by atoms with Crippen LogP contribution in [0.25, 0.3) is 0 Å². The highest BCUT2D eigenvalue weighted by molar-refractivity contribution is 6.32. The number of hydrogen-bond acceptors (Lipinski definition) is 2. The fraction of sp³-hybridized carbons (Fsp3) is 0.154. The van der Waals surface area contributed by atoms with Crippen molar-refractivity contribution >= 4 is 11.6 Å². The minimum absolute atomic E-state index is 0.607. The van der Waals surface area contributed by atoms with Crippen LogP contribution in [0, 0.1) is 0 Å². The normalized spacial score (nSPS) is 10.1. The minimum atomic E-state index is 0.607. The third kappa shape index (κ3) is 2.97. The topological polar surface area (TPSA) is 22.1 Å². The van der Waals surface area contributed by atoms with E-state index in [2.05, 4.69) is 4.98 Å². The SMILES string of the molecule is Clc1ccccc1OCCc1cccnc1. The van der Waals surface area contributed by atoms with Gasteiger partial charge in [0.2, 0.25) is 0 Å². The number of pyridine rings is 1. The van der Waals surface area contributed by atoms with E-state index in [0.29, 0.717) is 11.6 Å². The van der Waals surface area contributed by atoms with Crippen LogP contribution < -0.4 is 4.74 Å². The molecule has 2 aromatic rings. The molecule has 0 N–H and O–H groups in total. The molecule has 0 atom stereocenters. The van der Waals surface area contributed by atoms with Crippen LogP contribution in [-0.4, -0.2) is 11.6 Å². The summed E-state index contributed by atoms with van der Waals surface area (Å²) in [5.74, 6) is 0.730. The Kier molecular flexibility index (Phi) is 3.78. The highest BCUT2D eigenvalue weighted by atomic mass is 35.5. The summed E-state index contributed by atoms with van der Waals surface area (Å²) < 4.78 is 5.58. The summed E-state index contributed by atoms with van der Waals surface area (Å²) in [7, 11) is 0. The van der Waals surface area contributed by atoms with E-state index in [9.17, 15) is 0 Å².